The van der Waals surface area contributed by atoms with Crippen LogP contribution in [0.1, 0.15) is 24.1 Å². The fourth-order valence-corrected chi connectivity index (χ4v) is 3.41. The van der Waals surface area contributed by atoms with E-state index in [0.29, 0.717) is 11.3 Å². The van der Waals surface area contributed by atoms with Gasteiger partial charge in [0, 0.05) is 24.7 Å². The molecule has 0 aliphatic heterocycles. The van der Waals surface area contributed by atoms with Crippen molar-refractivity contribution in [2.45, 2.75) is 49.9 Å². The van der Waals surface area contributed by atoms with Gasteiger partial charge in [-0.05, 0) is 17.7 Å². The van der Waals surface area contributed by atoms with Crippen molar-refractivity contribution in [3.8, 4) is 5.75 Å². The number of benzene rings is 1. The van der Waals surface area contributed by atoms with Crippen molar-refractivity contribution < 1.29 is 44.1 Å². The lowest BCUT2D eigenvalue weighted by Crippen LogP contribution is -2.58. The van der Waals surface area contributed by atoms with E-state index in [4.69, 9.17) is 11.5 Å². The molecule has 16 heteroatoms. The molecule has 11 N–H and O–H groups in total. The number of hydrogen-bond acceptors (Lipinski definition) is 9. The van der Waals surface area contributed by atoms with E-state index in [9.17, 15) is 44.1 Å². The zero-order valence-electron chi connectivity index (χ0n) is 20.5. The average Bonchev–Trinajstić information content (AvgIpc) is 3.36. The molecular weight excluding hydrogens is 518 g/mol. The number of phenols is 1. The lowest BCUT2D eigenvalue weighted by molar-refractivity contribution is -0.143. The summed E-state index contributed by atoms with van der Waals surface area (Å²) < 4.78 is 0. The summed E-state index contributed by atoms with van der Waals surface area (Å²) in [5.41, 5.74) is 11.4. The first-order valence-corrected chi connectivity index (χ1v) is 11.5. The lowest BCUT2D eigenvalue weighted by atomic mass is 10.0. The van der Waals surface area contributed by atoms with E-state index >= 15 is 0 Å². The number of nitrogens with zero attached hydrogens (tertiary/aromatic N) is 1. The van der Waals surface area contributed by atoms with E-state index < -0.39 is 72.6 Å². The Morgan fingerprint density at radius 3 is 1.97 bits per heavy atom. The highest BCUT2D eigenvalue weighted by molar-refractivity contribution is 5.96. The average molecular weight is 548 g/mol. The summed E-state index contributed by atoms with van der Waals surface area (Å²) in [6, 6.07) is -0.431. The number of aromatic hydroxyl groups is 1. The molecule has 0 aliphatic rings. The number of carboxylic acid groups (broad SMARTS) is 2. The van der Waals surface area contributed by atoms with Crippen LogP contribution in [0.25, 0.3) is 0 Å². The van der Waals surface area contributed by atoms with Crippen LogP contribution in [0.15, 0.2) is 36.8 Å². The van der Waals surface area contributed by atoms with E-state index in [1.165, 1.54) is 36.8 Å². The molecule has 0 radical (unpaired) electrons. The third-order valence-corrected chi connectivity index (χ3v) is 5.37. The van der Waals surface area contributed by atoms with Crippen LogP contribution in [-0.4, -0.2) is 85.0 Å². The van der Waals surface area contributed by atoms with Crippen molar-refractivity contribution in [1.82, 2.24) is 25.9 Å². The molecule has 4 atom stereocenters. The smallest absolute Gasteiger partial charge is 0.326 e. The van der Waals surface area contributed by atoms with Crippen molar-refractivity contribution >= 4 is 35.6 Å². The normalized spacial score (nSPS) is 13.8. The van der Waals surface area contributed by atoms with Crippen LogP contribution >= 0.6 is 0 Å². The Kier molecular flexibility index (Phi) is 10.9. The number of carboxylic acids is 2. The quantitative estimate of drug-likeness (QED) is 0.109. The Morgan fingerprint density at radius 1 is 0.846 bits per heavy atom. The maximum atomic E-state index is 13.2. The molecule has 1 aromatic carbocycles. The third-order valence-electron chi connectivity index (χ3n) is 5.37. The second-order valence-electron chi connectivity index (χ2n) is 8.55. The Morgan fingerprint density at radius 2 is 1.44 bits per heavy atom. The number of rotatable bonds is 15. The number of nitrogens with two attached hydrogens (primary N) is 2. The zero-order chi connectivity index (χ0) is 29.1. The number of aliphatic carboxylic acids is 2. The van der Waals surface area contributed by atoms with Gasteiger partial charge in [-0.15, -0.1) is 0 Å². The van der Waals surface area contributed by atoms with Crippen LogP contribution in [0.3, 0.4) is 0 Å². The van der Waals surface area contributed by atoms with Crippen LogP contribution in [-0.2, 0) is 41.6 Å². The number of carbonyl (C=O) groups is 6. The van der Waals surface area contributed by atoms with Gasteiger partial charge in [0.1, 0.15) is 23.9 Å². The molecule has 2 rings (SSSR count). The summed E-state index contributed by atoms with van der Waals surface area (Å²) in [7, 11) is 0. The highest BCUT2D eigenvalue weighted by Crippen LogP contribution is 2.12. The molecular formula is C23H29N7O9. The first-order valence-electron chi connectivity index (χ1n) is 11.5. The van der Waals surface area contributed by atoms with Crippen molar-refractivity contribution in [3.05, 3.63) is 48.0 Å². The molecule has 1 heterocycles. The molecule has 0 aliphatic carbocycles. The summed E-state index contributed by atoms with van der Waals surface area (Å²) in [6.45, 7) is 0. The van der Waals surface area contributed by atoms with Crippen molar-refractivity contribution in [1.29, 1.82) is 0 Å². The molecule has 4 unspecified atom stereocenters. The monoisotopic (exact) mass is 547 g/mol. The van der Waals surface area contributed by atoms with Gasteiger partial charge in [-0.1, -0.05) is 12.1 Å². The first-order chi connectivity index (χ1) is 18.3. The van der Waals surface area contributed by atoms with Gasteiger partial charge in [0.25, 0.3) is 0 Å². The number of primary amides is 1. The molecule has 0 fully saturated rings. The Bertz CT molecular complexity index is 1190. The van der Waals surface area contributed by atoms with Gasteiger partial charge in [0.2, 0.25) is 23.6 Å². The summed E-state index contributed by atoms with van der Waals surface area (Å²) in [4.78, 5) is 79.1. The molecule has 39 heavy (non-hydrogen) atoms. The van der Waals surface area contributed by atoms with Crippen LogP contribution in [0, 0.1) is 0 Å². The maximum absolute atomic E-state index is 13.2. The van der Waals surface area contributed by atoms with E-state index in [2.05, 4.69) is 25.9 Å². The van der Waals surface area contributed by atoms with E-state index in [-0.39, 0.29) is 18.6 Å². The van der Waals surface area contributed by atoms with Crippen LogP contribution in [0.5, 0.6) is 5.75 Å². The third kappa shape index (κ3) is 10.1. The summed E-state index contributed by atoms with van der Waals surface area (Å²) in [5, 5.41) is 35.1. The van der Waals surface area contributed by atoms with Crippen molar-refractivity contribution in [2.24, 2.45) is 11.5 Å². The molecule has 0 saturated carbocycles. The number of carbonyl (C=O) groups excluding carboxylic acids is 4. The minimum atomic E-state index is -1.70. The second-order valence-corrected chi connectivity index (χ2v) is 8.55. The minimum Gasteiger partial charge on any atom is -0.508 e. The topological polar surface area (TPSA) is 280 Å². The van der Waals surface area contributed by atoms with Crippen molar-refractivity contribution in [2.75, 3.05) is 0 Å². The van der Waals surface area contributed by atoms with E-state index in [1.54, 1.807) is 0 Å². The largest absolute Gasteiger partial charge is 0.508 e. The maximum Gasteiger partial charge on any atom is 0.326 e. The molecule has 4 amide bonds. The number of H-pyrrole nitrogens is 1. The fraction of sp³-hybridized carbons (Fsp3) is 0.348. The standard InChI is InChI=1S/C23H29N7O9/c24-14(7-18(25)32)20(35)28-16(8-19(33)34)22(37)29-15(5-11-1-3-13(31)4-2-11)21(36)30-17(23(38)39)6-12-9-26-10-27-12/h1-4,9-10,14-17,31H,5-8,24H2,(H2,25,32)(H,26,27)(H,28,35)(H,29,37)(H,30,36)(H,33,34)(H,38,39). The molecule has 0 spiro atoms. The fourth-order valence-electron chi connectivity index (χ4n) is 3.41. The zero-order valence-corrected chi connectivity index (χ0v) is 20.5. The van der Waals surface area contributed by atoms with Crippen molar-refractivity contribution in [3.63, 3.8) is 0 Å². The number of aromatic amines is 1. The Balaban J connectivity index is 2.26. The molecule has 0 bridgehead atoms. The van der Waals surface area contributed by atoms with Gasteiger partial charge in [-0.3, -0.25) is 24.0 Å². The van der Waals surface area contributed by atoms with Crippen LogP contribution in [0.2, 0.25) is 0 Å². The number of aromatic nitrogens is 2. The number of amides is 4. The van der Waals surface area contributed by atoms with Gasteiger partial charge in [0.05, 0.1) is 25.2 Å². The summed E-state index contributed by atoms with van der Waals surface area (Å²) >= 11 is 0. The summed E-state index contributed by atoms with van der Waals surface area (Å²) in [6.07, 6.45) is 0.896. The van der Waals surface area contributed by atoms with Gasteiger partial charge in [0.15, 0.2) is 0 Å². The number of phenolic OH excluding ortho intramolecular Hbond substituents is 1. The van der Waals surface area contributed by atoms with Gasteiger partial charge >= 0.3 is 11.9 Å². The van der Waals surface area contributed by atoms with Gasteiger partial charge in [-0.2, -0.15) is 0 Å². The first kappa shape index (κ1) is 30.2. The number of hydrogen-bond donors (Lipinski definition) is 9. The van der Waals surface area contributed by atoms with Crippen LogP contribution in [0.4, 0.5) is 0 Å². The number of imidazole rings is 1. The predicted octanol–water partition coefficient (Wildman–Crippen LogP) is -2.88. The van der Waals surface area contributed by atoms with E-state index in [1.807, 2.05) is 0 Å². The highest BCUT2D eigenvalue weighted by atomic mass is 16.4. The lowest BCUT2D eigenvalue weighted by Gasteiger charge is -2.24. The molecule has 0 saturated heterocycles. The molecule has 16 nitrogen and oxygen atoms in total. The molecule has 2 aromatic rings. The predicted molar refractivity (Wildman–Crippen MR) is 132 cm³/mol. The Hall–Kier alpha value is -4.99. The highest BCUT2D eigenvalue weighted by Gasteiger charge is 2.32. The molecule has 210 valence electrons. The minimum absolute atomic E-state index is 0.0641. The SMILES string of the molecule is NC(=O)CC(N)C(=O)NC(CC(=O)O)C(=O)NC(Cc1ccc(O)cc1)C(=O)NC(Cc1cnc[nH]1)C(=O)O. The Labute approximate surface area is 221 Å². The van der Waals surface area contributed by atoms with E-state index in [0.717, 1.165) is 0 Å². The second kappa shape index (κ2) is 14.1. The van der Waals surface area contributed by atoms with Crippen LogP contribution < -0.4 is 27.4 Å². The van der Waals surface area contributed by atoms with Gasteiger partial charge < -0.3 is 47.7 Å². The molecule has 1 aromatic heterocycles. The summed E-state index contributed by atoms with van der Waals surface area (Å²) in [5.74, 6) is -6.83. The number of nitrogens with one attached hydrogen (secondary N) is 4. The van der Waals surface area contributed by atoms with Gasteiger partial charge in [-0.25, -0.2) is 9.78 Å².